The number of benzene rings is 2. The van der Waals surface area contributed by atoms with Crippen molar-refractivity contribution in [2.75, 3.05) is 12.3 Å². The van der Waals surface area contributed by atoms with Crippen LogP contribution >= 0.6 is 11.8 Å². The molecule has 0 aliphatic rings. The Kier molecular flexibility index (Phi) is 7.20. The minimum atomic E-state index is -4.40. The first kappa shape index (κ1) is 22.0. The second-order valence-corrected chi connectivity index (χ2v) is 7.62. The number of halogens is 3. The quantitative estimate of drug-likeness (QED) is 0.455. The number of imidazole rings is 1. The van der Waals surface area contributed by atoms with Gasteiger partial charge in [0.25, 0.3) is 0 Å². The number of carbonyl (C=O) groups is 1. The van der Waals surface area contributed by atoms with E-state index in [4.69, 9.17) is 0 Å². The van der Waals surface area contributed by atoms with Crippen molar-refractivity contribution in [2.45, 2.75) is 31.3 Å². The zero-order valence-electron chi connectivity index (χ0n) is 16.5. The van der Waals surface area contributed by atoms with Crippen LogP contribution in [0.15, 0.2) is 72.0 Å². The standard InChI is InChI=1S/C22H22F3N3OS/c1-2-27(14-17-9-5-3-6-10-17)20(29)15-30-21-26-13-19(18-11-7-4-8-12-18)28(21)16-22(23,24)25/h3-13H,2,14-16H2,1H3. The second kappa shape index (κ2) is 9.84. The highest BCUT2D eigenvalue weighted by atomic mass is 32.2. The minimum Gasteiger partial charge on any atom is -0.338 e. The lowest BCUT2D eigenvalue weighted by atomic mass is 10.2. The van der Waals surface area contributed by atoms with E-state index in [1.165, 1.54) is 6.20 Å². The number of alkyl halides is 3. The molecule has 30 heavy (non-hydrogen) atoms. The molecule has 0 spiro atoms. The molecule has 0 aliphatic carbocycles. The summed E-state index contributed by atoms with van der Waals surface area (Å²) in [4.78, 5) is 18.5. The molecule has 1 aromatic heterocycles. The Labute approximate surface area is 177 Å². The molecule has 0 saturated heterocycles. The van der Waals surface area contributed by atoms with E-state index in [1.807, 2.05) is 37.3 Å². The van der Waals surface area contributed by atoms with Gasteiger partial charge in [0.2, 0.25) is 5.91 Å². The Morgan fingerprint density at radius 3 is 2.30 bits per heavy atom. The summed E-state index contributed by atoms with van der Waals surface area (Å²) in [6.07, 6.45) is -2.97. The van der Waals surface area contributed by atoms with Gasteiger partial charge in [-0.25, -0.2) is 4.98 Å². The van der Waals surface area contributed by atoms with Gasteiger partial charge in [-0.1, -0.05) is 72.4 Å². The Hall–Kier alpha value is -2.74. The van der Waals surface area contributed by atoms with Gasteiger partial charge in [0, 0.05) is 13.1 Å². The zero-order valence-corrected chi connectivity index (χ0v) is 17.3. The third kappa shape index (κ3) is 5.89. The molecule has 0 N–H and O–H groups in total. The van der Waals surface area contributed by atoms with Crippen molar-refractivity contribution in [2.24, 2.45) is 0 Å². The van der Waals surface area contributed by atoms with E-state index in [-0.39, 0.29) is 16.8 Å². The molecule has 4 nitrogen and oxygen atoms in total. The molecule has 3 aromatic rings. The molecule has 0 saturated carbocycles. The van der Waals surface area contributed by atoms with E-state index in [9.17, 15) is 18.0 Å². The summed E-state index contributed by atoms with van der Waals surface area (Å²) in [7, 11) is 0. The molecule has 0 aliphatic heterocycles. The number of carbonyl (C=O) groups excluding carboxylic acids is 1. The van der Waals surface area contributed by atoms with E-state index in [2.05, 4.69) is 4.98 Å². The predicted molar refractivity (Wildman–Crippen MR) is 112 cm³/mol. The minimum absolute atomic E-state index is 0.0176. The molecule has 0 bridgehead atoms. The van der Waals surface area contributed by atoms with Crippen LogP contribution in [0.2, 0.25) is 0 Å². The zero-order chi connectivity index (χ0) is 21.6. The van der Waals surface area contributed by atoms with Gasteiger partial charge in [-0.15, -0.1) is 0 Å². The lowest BCUT2D eigenvalue weighted by molar-refractivity contribution is -0.141. The number of amides is 1. The Balaban J connectivity index is 1.75. The number of aromatic nitrogens is 2. The summed E-state index contributed by atoms with van der Waals surface area (Å²) < 4.78 is 40.7. The first-order valence-electron chi connectivity index (χ1n) is 9.49. The van der Waals surface area contributed by atoms with Crippen LogP contribution in [0.3, 0.4) is 0 Å². The monoisotopic (exact) mass is 433 g/mol. The van der Waals surface area contributed by atoms with E-state index in [1.54, 1.807) is 35.2 Å². The van der Waals surface area contributed by atoms with Crippen LogP contribution in [-0.2, 0) is 17.9 Å². The van der Waals surface area contributed by atoms with Crippen LogP contribution < -0.4 is 0 Å². The molecule has 1 heterocycles. The van der Waals surface area contributed by atoms with Gasteiger partial charge in [-0.3, -0.25) is 4.79 Å². The van der Waals surface area contributed by atoms with E-state index in [0.29, 0.717) is 24.3 Å². The number of thioether (sulfide) groups is 1. The van der Waals surface area contributed by atoms with Gasteiger partial charge in [-0.05, 0) is 18.1 Å². The Bertz CT molecular complexity index is 959. The highest BCUT2D eigenvalue weighted by molar-refractivity contribution is 7.99. The van der Waals surface area contributed by atoms with E-state index < -0.39 is 12.7 Å². The highest BCUT2D eigenvalue weighted by Gasteiger charge is 2.31. The predicted octanol–water partition coefficient (Wildman–Crippen LogP) is 5.25. The fraction of sp³-hybridized carbons (Fsp3) is 0.273. The third-order valence-corrected chi connectivity index (χ3v) is 5.48. The maximum atomic E-state index is 13.2. The van der Waals surface area contributed by atoms with Crippen molar-refractivity contribution in [3.8, 4) is 11.3 Å². The van der Waals surface area contributed by atoms with Crippen molar-refractivity contribution in [1.82, 2.24) is 14.5 Å². The van der Waals surface area contributed by atoms with Crippen LogP contribution in [-0.4, -0.2) is 38.8 Å². The van der Waals surface area contributed by atoms with Crippen molar-refractivity contribution >= 4 is 17.7 Å². The van der Waals surface area contributed by atoms with Gasteiger partial charge in [0.05, 0.1) is 17.6 Å². The average molecular weight is 433 g/mol. The van der Waals surface area contributed by atoms with Crippen molar-refractivity contribution in [1.29, 1.82) is 0 Å². The summed E-state index contributed by atoms with van der Waals surface area (Å²) in [5.41, 5.74) is 2.02. The van der Waals surface area contributed by atoms with Gasteiger partial charge < -0.3 is 9.47 Å². The smallest absolute Gasteiger partial charge is 0.338 e. The summed E-state index contributed by atoms with van der Waals surface area (Å²) >= 11 is 1.03. The van der Waals surface area contributed by atoms with Gasteiger partial charge in [0.1, 0.15) is 6.54 Å². The molecule has 8 heteroatoms. The van der Waals surface area contributed by atoms with Crippen LogP contribution in [0, 0.1) is 0 Å². The second-order valence-electron chi connectivity index (χ2n) is 6.68. The van der Waals surface area contributed by atoms with Crippen LogP contribution in [0.1, 0.15) is 12.5 Å². The summed E-state index contributed by atoms with van der Waals surface area (Å²) in [6, 6.07) is 18.4. The summed E-state index contributed by atoms with van der Waals surface area (Å²) in [5.74, 6) is -0.127. The summed E-state index contributed by atoms with van der Waals surface area (Å²) in [5, 5.41) is 0.176. The molecule has 3 rings (SSSR count). The molecular formula is C22H22F3N3OS. The number of rotatable bonds is 8. The maximum absolute atomic E-state index is 13.2. The molecule has 0 fully saturated rings. The lowest BCUT2D eigenvalue weighted by Gasteiger charge is -2.21. The first-order valence-corrected chi connectivity index (χ1v) is 10.5. The first-order chi connectivity index (χ1) is 14.4. The molecule has 158 valence electrons. The Morgan fingerprint density at radius 1 is 1.07 bits per heavy atom. The average Bonchev–Trinajstić information content (AvgIpc) is 3.12. The molecule has 0 radical (unpaired) electrons. The van der Waals surface area contributed by atoms with Crippen molar-refractivity contribution < 1.29 is 18.0 Å². The van der Waals surface area contributed by atoms with Gasteiger partial charge >= 0.3 is 6.18 Å². The van der Waals surface area contributed by atoms with Crippen molar-refractivity contribution in [3.05, 3.63) is 72.4 Å². The highest BCUT2D eigenvalue weighted by Crippen LogP contribution is 2.30. The van der Waals surface area contributed by atoms with E-state index >= 15 is 0 Å². The number of hydrogen-bond donors (Lipinski definition) is 0. The largest absolute Gasteiger partial charge is 0.406 e. The summed E-state index contributed by atoms with van der Waals surface area (Å²) in [6.45, 7) is 1.70. The van der Waals surface area contributed by atoms with E-state index in [0.717, 1.165) is 21.9 Å². The van der Waals surface area contributed by atoms with Crippen LogP contribution in [0.25, 0.3) is 11.3 Å². The topological polar surface area (TPSA) is 38.1 Å². The van der Waals surface area contributed by atoms with Gasteiger partial charge in [-0.2, -0.15) is 13.2 Å². The van der Waals surface area contributed by atoms with Crippen LogP contribution in [0.4, 0.5) is 13.2 Å². The number of nitrogens with zero attached hydrogens (tertiary/aromatic N) is 3. The van der Waals surface area contributed by atoms with Crippen molar-refractivity contribution in [3.63, 3.8) is 0 Å². The number of hydrogen-bond acceptors (Lipinski definition) is 3. The third-order valence-electron chi connectivity index (χ3n) is 4.50. The molecule has 0 atom stereocenters. The SMILES string of the molecule is CCN(Cc1ccccc1)C(=O)CSc1ncc(-c2ccccc2)n1CC(F)(F)F. The molecule has 0 unspecified atom stereocenters. The molecule has 2 aromatic carbocycles. The van der Waals surface area contributed by atoms with Crippen LogP contribution in [0.5, 0.6) is 0 Å². The van der Waals surface area contributed by atoms with Gasteiger partial charge in [0.15, 0.2) is 5.16 Å². The fourth-order valence-corrected chi connectivity index (χ4v) is 3.92. The lowest BCUT2D eigenvalue weighted by Crippen LogP contribution is -2.31. The Morgan fingerprint density at radius 2 is 1.70 bits per heavy atom. The molecule has 1 amide bonds. The maximum Gasteiger partial charge on any atom is 0.406 e. The molecular weight excluding hydrogens is 411 g/mol. The fourth-order valence-electron chi connectivity index (χ4n) is 3.04. The normalized spacial score (nSPS) is 11.5.